The molecule has 1 saturated heterocycles. The number of sulfonamides is 1. The molecule has 0 saturated carbocycles. The largest absolute Gasteiger partial charge is 0.335 e. The molecule has 2 aromatic rings. The van der Waals surface area contributed by atoms with Crippen LogP contribution in [0.4, 0.5) is 10.1 Å². The van der Waals surface area contributed by atoms with Crippen LogP contribution in [0.5, 0.6) is 0 Å². The zero-order valence-corrected chi connectivity index (χ0v) is 18.2. The van der Waals surface area contributed by atoms with E-state index >= 15 is 0 Å². The Morgan fingerprint density at radius 1 is 0.935 bits per heavy atom. The van der Waals surface area contributed by atoms with Gasteiger partial charge in [-0.05, 0) is 55.3 Å². The van der Waals surface area contributed by atoms with Crippen LogP contribution in [0.25, 0.3) is 0 Å². The molecule has 0 bridgehead atoms. The second-order valence-electron chi connectivity index (χ2n) is 8.05. The van der Waals surface area contributed by atoms with Gasteiger partial charge in [0.25, 0.3) is 11.8 Å². The van der Waals surface area contributed by atoms with Crippen molar-refractivity contribution in [2.75, 3.05) is 36.7 Å². The maximum Gasteiger partial charge on any atom is 0.254 e. The zero-order chi connectivity index (χ0) is 22.3. The normalized spacial score (nSPS) is 18.8. The third-order valence-corrected chi connectivity index (χ3v) is 7.03. The molecular weight excluding hydrogens is 421 g/mol. The van der Waals surface area contributed by atoms with Crippen LogP contribution in [0.15, 0.2) is 42.5 Å². The van der Waals surface area contributed by atoms with Gasteiger partial charge in [0, 0.05) is 43.3 Å². The first-order chi connectivity index (χ1) is 14.6. The fourth-order valence-corrected chi connectivity index (χ4v) is 5.60. The molecule has 2 heterocycles. The minimum absolute atomic E-state index is 0.147. The quantitative estimate of drug-likeness (QED) is 0.725. The summed E-state index contributed by atoms with van der Waals surface area (Å²) in [6, 6.07) is 10.5. The number of hydrogen-bond donors (Lipinski definition) is 0. The molecule has 2 aromatic carbocycles. The molecule has 2 amide bonds. The molecule has 164 valence electrons. The summed E-state index contributed by atoms with van der Waals surface area (Å²) in [6.45, 7) is 3.33. The summed E-state index contributed by atoms with van der Waals surface area (Å²) in [4.78, 5) is 28.9. The molecule has 1 fully saturated rings. The lowest BCUT2D eigenvalue weighted by Crippen LogP contribution is -2.50. The summed E-state index contributed by atoms with van der Waals surface area (Å²) in [7, 11) is -3.38. The summed E-state index contributed by atoms with van der Waals surface area (Å²) in [5.41, 5.74) is 2.26. The Morgan fingerprint density at radius 3 is 2.06 bits per heavy atom. The molecule has 4 rings (SSSR count). The second kappa shape index (κ2) is 7.96. The van der Waals surface area contributed by atoms with Gasteiger partial charge < -0.3 is 9.80 Å². The third kappa shape index (κ3) is 4.14. The number of carbonyl (C=O) groups is 2. The maximum absolute atomic E-state index is 13.4. The van der Waals surface area contributed by atoms with E-state index in [0.717, 1.165) is 5.56 Å². The lowest BCUT2D eigenvalue weighted by Gasteiger charge is -2.35. The molecule has 1 unspecified atom stereocenters. The van der Waals surface area contributed by atoms with Gasteiger partial charge in [0.2, 0.25) is 10.0 Å². The van der Waals surface area contributed by atoms with Gasteiger partial charge in [-0.2, -0.15) is 0 Å². The first kappa shape index (κ1) is 21.3. The molecule has 2 aliphatic heterocycles. The number of fused-ring (bicyclic) bond motifs is 1. The van der Waals surface area contributed by atoms with Gasteiger partial charge in [0.1, 0.15) is 5.82 Å². The Kier molecular flexibility index (Phi) is 5.47. The van der Waals surface area contributed by atoms with Crippen molar-refractivity contribution in [1.82, 2.24) is 9.80 Å². The number of hydrogen-bond acceptors (Lipinski definition) is 4. The van der Waals surface area contributed by atoms with Crippen molar-refractivity contribution in [3.63, 3.8) is 0 Å². The van der Waals surface area contributed by atoms with E-state index in [-0.39, 0.29) is 17.9 Å². The number of halogens is 1. The Bertz CT molecular complexity index is 1140. The van der Waals surface area contributed by atoms with Gasteiger partial charge in [-0.3, -0.25) is 13.9 Å². The number of carbonyl (C=O) groups excluding carboxylic acids is 2. The first-order valence-corrected chi connectivity index (χ1v) is 12.0. The van der Waals surface area contributed by atoms with Crippen LogP contribution < -0.4 is 4.31 Å². The Morgan fingerprint density at radius 2 is 1.52 bits per heavy atom. The lowest BCUT2D eigenvalue weighted by molar-refractivity contribution is 0.0535. The predicted molar refractivity (Wildman–Crippen MR) is 115 cm³/mol. The number of rotatable bonds is 3. The highest BCUT2D eigenvalue weighted by Gasteiger charge is 2.33. The molecule has 0 radical (unpaired) electrons. The summed E-state index contributed by atoms with van der Waals surface area (Å²) in [5, 5.41) is 0. The van der Waals surface area contributed by atoms with Crippen LogP contribution in [0.3, 0.4) is 0 Å². The monoisotopic (exact) mass is 445 g/mol. The van der Waals surface area contributed by atoms with E-state index in [4.69, 9.17) is 0 Å². The van der Waals surface area contributed by atoms with Crippen LogP contribution in [-0.4, -0.2) is 68.5 Å². The van der Waals surface area contributed by atoms with Crippen molar-refractivity contribution < 1.29 is 22.4 Å². The number of nitrogens with zero attached hydrogens (tertiary/aromatic N) is 3. The molecule has 0 spiro atoms. The highest BCUT2D eigenvalue weighted by molar-refractivity contribution is 7.92. The third-order valence-electron chi connectivity index (χ3n) is 5.76. The van der Waals surface area contributed by atoms with Gasteiger partial charge in [-0.15, -0.1) is 0 Å². The molecule has 0 N–H and O–H groups in total. The summed E-state index contributed by atoms with van der Waals surface area (Å²) in [6.07, 6.45) is 1.74. The van der Waals surface area contributed by atoms with E-state index < -0.39 is 15.8 Å². The Balaban J connectivity index is 1.44. The van der Waals surface area contributed by atoms with Gasteiger partial charge in [0.05, 0.1) is 11.9 Å². The van der Waals surface area contributed by atoms with Gasteiger partial charge in [0.15, 0.2) is 0 Å². The van der Waals surface area contributed by atoms with Crippen molar-refractivity contribution >= 4 is 27.5 Å². The molecule has 9 heteroatoms. The topological polar surface area (TPSA) is 78.0 Å². The van der Waals surface area contributed by atoms with E-state index in [1.54, 1.807) is 34.1 Å². The van der Waals surface area contributed by atoms with Crippen LogP contribution >= 0.6 is 0 Å². The highest BCUT2D eigenvalue weighted by Crippen LogP contribution is 2.35. The second-order valence-corrected chi connectivity index (χ2v) is 9.91. The van der Waals surface area contributed by atoms with Crippen molar-refractivity contribution in [3.05, 3.63) is 65.0 Å². The average molecular weight is 446 g/mol. The lowest BCUT2D eigenvalue weighted by atomic mass is 10.1. The zero-order valence-electron chi connectivity index (χ0n) is 17.4. The highest BCUT2D eigenvalue weighted by atomic mass is 32.2. The van der Waals surface area contributed by atoms with Crippen molar-refractivity contribution in [3.8, 4) is 0 Å². The number of piperazine rings is 1. The average Bonchev–Trinajstić information content (AvgIpc) is 3.08. The SMILES string of the molecule is CC1Cc2cc(C(=O)N3CCN(C(=O)c4cccc(F)c4)CC3)ccc2N1S(C)(=O)=O. The molecule has 31 heavy (non-hydrogen) atoms. The number of benzene rings is 2. The predicted octanol–water partition coefficient (Wildman–Crippen LogP) is 2.13. The molecule has 7 nitrogen and oxygen atoms in total. The Hall–Kier alpha value is -2.94. The van der Waals surface area contributed by atoms with Gasteiger partial charge >= 0.3 is 0 Å². The fraction of sp³-hybridized carbons (Fsp3) is 0.364. The summed E-state index contributed by atoms with van der Waals surface area (Å²) in [5.74, 6) is -0.856. The fourth-order valence-electron chi connectivity index (χ4n) is 4.34. The molecule has 2 aliphatic rings. The van der Waals surface area contributed by atoms with E-state index in [1.165, 1.54) is 28.8 Å². The van der Waals surface area contributed by atoms with Crippen molar-refractivity contribution in [2.45, 2.75) is 19.4 Å². The summed E-state index contributed by atoms with van der Waals surface area (Å²) >= 11 is 0. The molecule has 0 aliphatic carbocycles. The number of anilines is 1. The smallest absolute Gasteiger partial charge is 0.254 e. The van der Waals surface area contributed by atoms with Crippen LogP contribution in [0.2, 0.25) is 0 Å². The summed E-state index contributed by atoms with van der Waals surface area (Å²) < 4.78 is 38.9. The minimum atomic E-state index is -3.38. The van der Waals surface area contributed by atoms with Crippen LogP contribution in [0.1, 0.15) is 33.2 Å². The van der Waals surface area contributed by atoms with E-state index in [9.17, 15) is 22.4 Å². The molecule has 1 atom stereocenters. The van der Waals surface area contributed by atoms with E-state index in [1.807, 2.05) is 6.92 Å². The Labute approximate surface area is 181 Å². The van der Waals surface area contributed by atoms with Crippen LogP contribution in [0, 0.1) is 5.82 Å². The minimum Gasteiger partial charge on any atom is -0.335 e. The standard InChI is InChI=1S/C22H24FN3O4S/c1-15-12-18-13-17(6-7-20(18)26(15)31(2,29)30)22(28)25-10-8-24(9-11-25)21(27)16-4-3-5-19(23)14-16/h3-7,13-15H,8-12H2,1-2H3. The van der Waals surface area contributed by atoms with Gasteiger partial charge in [-0.25, -0.2) is 12.8 Å². The van der Waals surface area contributed by atoms with Crippen molar-refractivity contribution in [1.29, 1.82) is 0 Å². The molecular formula is C22H24FN3O4S. The van der Waals surface area contributed by atoms with Crippen molar-refractivity contribution in [2.24, 2.45) is 0 Å². The van der Waals surface area contributed by atoms with E-state index in [0.29, 0.717) is 49.4 Å². The number of amides is 2. The maximum atomic E-state index is 13.4. The van der Waals surface area contributed by atoms with Gasteiger partial charge in [-0.1, -0.05) is 6.07 Å². The van der Waals surface area contributed by atoms with E-state index in [2.05, 4.69) is 0 Å². The first-order valence-electron chi connectivity index (χ1n) is 10.1. The molecule has 0 aromatic heterocycles. The van der Waals surface area contributed by atoms with Crippen LogP contribution in [-0.2, 0) is 16.4 Å².